The summed E-state index contributed by atoms with van der Waals surface area (Å²) >= 11 is 3.20. The van der Waals surface area contributed by atoms with E-state index in [0.29, 0.717) is 28.6 Å². The standard InChI is InChI=1S/C10H16BrN3O2/c1-5-6(4-14-10(13)8(5)12)9(16)7(15)2-3-11/h4,7,9,15-16H,2-3,12H2,1H3,(H2,13,14). The van der Waals surface area contributed by atoms with Gasteiger partial charge in [-0.2, -0.15) is 0 Å². The zero-order valence-corrected chi connectivity index (χ0v) is 10.6. The quantitative estimate of drug-likeness (QED) is 0.612. The first kappa shape index (κ1) is 13.2. The van der Waals surface area contributed by atoms with Crippen LogP contribution in [0.1, 0.15) is 23.7 Å². The van der Waals surface area contributed by atoms with Crippen LogP contribution in [0.2, 0.25) is 0 Å². The molecular formula is C10H16BrN3O2. The zero-order valence-electron chi connectivity index (χ0n) is 9.02. The lowest BCUT2D eigenvalue weighted by Gasteiger charge is -2.20. The van der Waals surface area contributed by atoms with E-state index in [4.69, 9.17) is 11.5 Å². The summed E-state index contributed by atoms with van der Waals surface area (Å²) in [5, 5.41) is 20.2. The van der Waals surface area contributed by atoms with Crippen LogP contribution in [0.3, 0.4) is 0 Å². The molecular weight excluding hydrogens is 274 g/mol. The molecule has 0 aromatic carbocycles. The fourth-order valence-corrected chi connectivity index (χ4v) is 1.90. The van der Waals surface area contributed by atoms with Gasteiger partial charge in [0.1, 0.15) is 11.9 Å². The monoisotopic (exact) mass is 289 g/mol. The fourth-order valence-electron chi connectivity index (χ4n) is 1.43. The summed E-state index contributed by atoms with van der Waals surface area (Å²) in [5.41, 5.74) is 12.8. The predicted molar refractivity (Wildman–Crippen MR) is 67.2 cm³/mol. The Morgan fingerprint density at radius 3 is 2.62 bits per heavy atom. The van der Waals surface area contributed by atoms with E-state index in [-0.39, 0.29) is 5.82 Å². The molecule has 90 valence electrons. The van der Waals surface area contributed by atoms with Gasteiger partial charge >= 0.3 is 0 Å². The van der Waals surface area contributed by atoms with Gasteiger partial charge in [0.05, 0.1) is 11.8 Å². The molecule has 6 N–H and O–H groups in total. The number of aliphatic hydroxyl groups is 2. The topological polar surface area (TPSA) is 105 Å². The number of nitrogens with zero attached hydrogens (tertiary/aromatic N) is 1. The van der Waals surface area contributed by atoms with E-state index >= 15 is 0 Å². The van der Waals surface area contributed by atoms with E-state index in [0.717, 1.165) is 0 Å². The van der Waals surface area contributed by atoms with Crippen LogP contribution >= 0.6 is 15.9 Å². The second-order valence-electron chi connectivity index (χ2n) is 3.63. The summed E-state index contributed by atoms with van der Waals surface area (Å²) in [6.07, 6.45) is 0.0597. The summed E-state index contributed by atoms with van der Waals surface area (Å²) < 4.78 is 0. The predicted octanol–water partition coefficient (Wildman–Crippen LogP) is 0.734. The first-order chi connectivity index (χ1) is 7.49. The third-order valence-electron chi connectivity index (χ3n) is 2.54. The van der Waals surface area contributed by atoms with Crippen LogP contribution in [0.5, 0.6) is 0 Å². The Kier molecular flexibility index (Phi) is 4.52. The van der Waals surface area contributed by atoms with Gasteiger partial charge in [-0.1, -0.05) is 15.9 Å². The van der Waals surface area contributed by atoms with Crippen molar-refractivity contribution in [3.05, 3.63) is 17.3 Å². The van der Waals surface area contributed by atoms with Crippen molar-refractivity contribution < 1.29 is 10.2 Å². The van der Waals surface area contributed by atoms with Gasteiger partial charge in [-0.25, -0.2) is 4.98 Å². The minimum atomic E-state index is -0.993. The van der Waals surface area contributed by atoms with E-state index in [1.54, 1.807) is 6.92 Å². The number of anilines is 2. The molecule has 1 aromatic heterocycles. The van der Waals surface area contributed by atoms with Crippen molar-refractivity contribution in [2.45, 2.75) is 25.6 Å². The number of halogens is 1. The number of pyridine rings is 1. The van der Waals surface area contributed by atoms with Crippen LogP contribution in [0.4, 0.5) is 11.5 Å². The Morgan fingerprint density at radius 1 is 1.44 bits per heavy atom. The summed E-state index contributed by atoms with van der Waals surface area (Å²) in [6, 6.07) is 0. The number of aromatic nitrogens is 1. The van der Waals surface area contributed by atoms with Crippen LogP contribution in [0.25, 0.3) is 0 Å². The highest BCUT2D eigenvalue weighted by atomic mass is 79.9. The Balaban J connectivity index is 3.00. The molecule has 5 nitrogen and oxygen atoms in total. The first-order valence-corrected chi connectivity index (χ1v) is 6.03. The molecule has 0 spiro atoms. The van der Waals surface area contributed by atoms with E-state index in [1.165, 1.54) is 6.20 Å². The van der Waals surface area contributed by atoms with Crippen LogP contribution in [-0.4, -0.2) is 26.6 Å². The lowest BCUT2D eigenvalue weighted by molar-refractivity contribution is 0.0168. The highest BCUT2D eigenvalue weighted by Crippen LogP contribution is 2.27. The molecule has 1 aromatic rings. The second kappa shape index (κ2) is 5.47. The van der Waals surface area contributed by atoms with Crippen LogP contribution in [-0.2, 0) is 0 Å². The normalized spacial score (nSPS) is 14.8. The summed E-state index contributed by atoms with van der Waals surface area (Å²) in [7, 11) is 0. The Bertz CT molecular complexity index is 373. The van der Waals surface area contributed by atoms with Crippen molar-refractivity contribution in [3.63, 3.8) is 0 Å². The van der Waals surface area contributed by atoms with Gasteiger partial charge in [0.15, 0.2) is 0 Å². The van der Waals surface area contributed by atoms with Crippen LogP contribution < -0.4 is 11.5 Å². The molecule has 16 heavy (non-hydrogen) atoms. The molecule has 0 aliphatic heterocycles. The van der Waals surface area contributed by atoms with Gasteiger partial charge in [-0.3, -0.25) is 0 Å². The van der Waals surface area contributed by atoms with Crippen LogP contribution in [0, 0.1) is 6.92 Å². The van der Waals surface area contributed by atoms with Crippen molar-refractivity contribution in [1.82, 2.24) is 4.98 Å². The second-order valence-corrected chi connectivity index (χ2v) is 4.42. The molecule has 1 rings (SSSR count). The van der Waals surface area contributed by atoms with Crippen molar-refractivity contribution in [2.24, 2.45) is 0 Å². The molecule has 0 saturated carbocycles. The molecule has 6 heteroatoms. The third-order valence-corrected chi connectivity index (χ3v) is 3.00. The molecule has 0 aliphatic carbocycles. The maximum atomic E-state index is 9.91. The molecule has 0 aliphatic rings. The molecule has 1 heterocycles. The van der Waals surface area contributed by atoms with Gasteiger partial charge < -0.3 is 21.7 Å². The summed E-state index contributed by atoms with van der Waals surface area (Å²) in [5.74, 6) is 0.239. The van der Waals surface area contributed by atoms with Crippen molar-refractivity contribution in [2.75, 3.05) is 16.8 Å². The smallest absolute Gasteiger partial charge is 0.146 e. The highest BCUT2D eigenvalue weighted by molar-refractivity contribution is 9.09. The molecule has 0 radical (unpaired) electrons. The van der Waals surface area contributed by atoms with E-state index < -0.39 is 12.2 Å². The van der Waals surface area contributed by atoms with Crippen molar-refractivity contribution >= 4 is 27.4 Å². The molecule has 0 fully saturated rings. The van der Waals surface area contributed by atoms with E-state index in [1.807, 2.05) is 0 Å². The number of alkyl halides is 1. The number of nitrogens with two attached hydrogens (primary N) is 2. The molecule has 0 saturated heterocycles. The Hall–Kier alpha value is -0.850. The maximum Gasteiger partial charge on any atom is 0.146 e. The number of nitrogen functional groups attached to an aromatic ring is 2. The summed E-state index contributed by atoms with van der Waals surface area (Å²) in [6.45, 7) is 1.74. The average molecular weight is 290 g/mol. The Labute approximate surface area is 103 Å². The molecule has 2 atom stereocenters. The number of hydrogen-bond acceptors (Lipinski definition) is 5. The molecule has 0 bridgehead atoms. The average Bonchev–Trinajstić information content (AvgIpc) is 2.26. The van der Waals surface area contributed by atoms with Crippen molar-refractivity contribution in [1.29, 1.82) is 0 Å². The SMILES string of the molecule is Cc1c(C(O)C(O)CCBr)cnc(N)c1N. The lowest BCUT2D eigenvalue weighted by atomic mass is 9.99. The summed E-state index contributed by atoms with van der Waals surface area (Å²) in [4.78, 5) is 3.87. The van der Waals surface area contributed by atoms with E-state index in [2.05, 4.69) is 20.9 Å². The zero-order chi connectivity index (χ0) is 12.3. The minimum absolute atomic E-state index is 0.239. The first-order valence-electron chi connectivity index (χ1n) is 4.91. The number of rotatable bonds is 4. The largest absolute Gasteiger partial charge is 0.396 e. The highest BCUT2D eigenvalue weighted by Gasteiger charge is 2.21. The van der Waals surface area contributed by atoms with Gasteiger partial charge in [0, 0.05) is 17.1 Å². The number of aliphatic hydroxyl groups excluding tert-OH is 2. The molecule has 0 amide bonds. The molecule has 2 unspecified atom stereocenters. The fraction of sp³-hybridized carbons (Fsp3) is 0.500. The lowest BCUT2D eigenvalue weighted by Crippen LogP contribution is -2.20. The van der Waals surface area contributed by atoms with Crippen molar-refractivity contribution in [3.8, 4) is 0 Å². The van der Waals surface area contributed by atoms with Gasteiger partial charge in [-0.15, -0.1) is 0 Å². The Morgan fingerprint density at radius 2 is 2.06 bits per heavy atom. The van der Waals surface area contributed by atoms with Gasteiger partial charge in [0.25, 0.3) is 0 Å². The van der Waals surface area contributed by atoms with Gasteiger partial charge in [-0.05, 0) is 18.9 Å². The maximum absolute atomic E-state index is 9.91. The minimum Gasteiger partial charge on any atom is -0.396 e. The third kappa shape index (κ3) is 2.63. The van der Waals surface area contributed by atoms with Crippen LogP contribution in [0.15, 0.2) is 6.20 Å². The van der Waals surface area contributed by atoms with E-state index in [9.17, 15) is 10.2 Å². The van der Waals surface area contributed by atoms with Gasteiger partial charge in [0.2, 0.25) is 0 Å². The number of hydrogen-bond donors (Lipinski definition) is 4.